The molecule has 0 saturated carbocycles. The smallest absolute Gasteiger partial charge is 0.339 e. The summed E-state index contributed by atoms with van der Waals surface area (Å²) in [5, 5.41) is 0.388. The molecular formula is C20H20N2O4. The molecule has 0 saturated heterocycles. The van der Waals surface area contributed by atoms with E-state index in [1.807, 2.05) is 31.2 Å². The van der Waals surface area contributed by atoms with E-state index in [0.717, 1.165) is 11.3 Å². The van der Waals surface area contributed by atoms with Gasteiger partial charge in [0.2, 0.25) is 0 Å². The Morgan fingerprint density at radius 2 is 1.85 bits per heavy atom. The van der Waals surface area contributed by atoms with Crippen molar-refractivity contribution in [2.24, 2.45) is 0 Å². The lowest BCUT2D eigenvalue weighted by Crippen LogP contribution is -2.24. The van der Waals surface area contributed by atoms with Gasteiger partial charge < -0.3 is 14.0 Å². The fourth-order valence-corrected chi connectivity index (χ4v) is 2.94. The molecule has 6 heteroatoms. The van der Waals surface area contributed by atoms with Crippen LogP contribution in [0.15, 0.2) is 47.4 Å². The number of pyridine rings is 2. The van der Waals surface area contributed by atoms with Gasteiger partial charge in [-0.1, -0.05) is 12.1 Å². The summed E-state index contributed by atoms with van der Waals surface area (Å²) in [5.41, 5.74) is 2.15. The first-order chi connectivity index (χ1) is 12.5. The van der Waals surface area contributed by atoms with E-state index in [-0.39, 0.29) is 11.6 Å². The molecule has 0 N–H and O–H groups in total. The highest BCUT2D eigenvalue weighted by Crippen LogP contribution is 2.21. The van der Waals surface area contributed by atoms with Gasteiger partial charge in [0.25, 0.3) is 5.56 Å². The lowest BCUT2D eigenvalue weighted by molar-refractivity contribution is 0.0599. The Morgan fingerprint density at radius 3 is 2.46 bits per heavy atom. The van der Waals surface area contributed by atoms with Crippen LogP contribution in [0.2, 0.25) is 0 Å². The second kappa shape index (κ2) is 7.00. The molecule has 0 aliphatic heterocycles. The monoisotopic (exact) mass is 352 g/mol. The Bertz CT molecular complexity index is 1020. The first-order valence-corrected chi connectivity index (χ1v) is 8.21. The Balaban J connectivity index is 2.11. The number of ether oxygens (including phenoxy) is 2. The summed E-state index contributed by atoms with van der Waals surface area (Å²) in [6.45, 7) is 3.66. The number of hydrogen-bond donors (Lipinski definition) is 0. The van der Waals surface area contributed by atoms with Gasteiger partial charge in [-0.15, -0.1) is 0 Å². The van der Waals surface area contributed by atoms with Crippen LogP contribution in [-0.2, 0) is 4.74 Å². The molecule has 1 atom stereocenters. The maximum Gasteiger partial charge on any atom is 0.339 e. The van der Waals surface area contributed by atoms with Gasteiger partial charge in [0.1, 0.15) is 5.75 Å². The van der Waals surface area contributed by atoms with Crippen molar-refractivity contribution in [2.75, 3.05) is 14.2 Å². The van der Waals surface area contributed by atoms with Crippen LogP contribution >= 0.6 is 0 Å². The van der Waals surface area contributed by atoms with Crippen LogP contribution in [0.25, 0.3) is 10.9 Å². The van der Waals surface area contributed by atoms with Crippen molar-refractivity contribution in [2.45, 2.75) is 19.9 Å². The number of methoxy groups -OCH3 is 2. The number of rotatable bonds is 4. The third-order valence-corrected chi connectivity index (χ3v) is 4.52. The van der Waals surface area contributed by atoms with Crippen molar-refractivity contribution in [1.82, 2.24) is 9.55 Å². The Morgan fingerprint density at radius 1 is 1.15 bits per heavy atom. The Hall–Kier alpha value is -3.15. The molecule has 134 valence electrons. The normalized spacial score (nSPS) is 12.0. The highest BCUT2D eigenvalue weighted by atomic mass is 16.5. The minimum absolute atomic E-state index is 0.180. The van der Waals surface area contributed by atoms with Crippen molar-refractivity contribution in [3.63, 3.8) is 0 Å². The zero-order valence-electron chi connectivity index (χ0n) is 15.1. The SMILES string of the molecule is COC(=O)c1cc2c(=O)n([C@@H](C)c3ccc(OC)cc3)ccc2nc1C. The average Bonchev–Trinajstić information content (AvgIpc) is 2.67. The number of fused-ring (bicyclic) bond motifs is 1. The lowest BCUT2D eigenvalue weighted by Gasteiger charge is -2.17. The lowest BCUT2D eigenvalue weighted by atomic mass is 10.1. The maximum atomic E-state index is 13.0. The summed E-state index contributed by atoms with van der Waals surface area (Å²) in [5.74, 6) is 0.254. The van der Waals surface area contributed by atoms with Gasteiger partial charge in [0.05, 0.1) is 42.4 Å². The van der Waals surface area contributed by atoms with Crippen molar-refractivity contribution in [1.29, 1.82) is 0 Å². The van der Waals surface area contributed by atoms with Gasteiger partial charge in [-0.2, -0.15) is 0 Å². The third kappa shape index (κ3) is 3.06. The van der Waals surface area contributed by atoms with Crippen LogP contribution in [0.1, 0.15) is 34.6 Å². The maximum absolute atomic E-state index is 13.0. The van der Waals surface area contributed by atoms with Crippen LogP contribution in [0.5, 0.6) is 5.75 Å². The van der Waals surface area contributed by atoms with Crippen LogP contribution in [-0.4, -0.2) is 29.7 Å². The number of nitrogens with zero attached hydrogens (tertiary/aromatic N) is 2. The molecule has 0 bridgehead atoms. The van der Waals surface area contributed by atoms with Crippen LogP contribution in [0, 0.1) is 6.92 Å². The molecule has 3 aromatic rings. The molecule has 0 fully saturated rings. The molecule has 0 radical (unpaired) electrons. The first-order valence-electron chi connectivity index (χ1n) is 8.21. The topological polar surface area (TPSA) is 70.4 Å². The summed E-state index contributed by atoms with van der Waals surface area (Å²) in [7, 11) is 2.92. The molecule has 3 rings (SSSR count). The van der Waals surface area contributed by atoms with E-state index >= 15 is 0 Å². The molecule has 0 unspecified atom stereocenters. The van der Waals surface area contributed by atoms with E-state index in [9.17, 15) is 9.59 Å². The Labute approximate surface area is 151 Å². The second-order valence-electron chi connectivity index (χ2n) is 6.02. The summed E-state index contributed by atoms with van der Waals surface area (Å²) >= 11 is 0. The number of hydrogen-bond acceptors (Lipinski definition) is 5. The first kappa shape index (κ1) is 17.7. The van der Waals surface area contributed by atoms with E-state index in [1.165, 1.54) is 7.11 Å². The molecule has 1 aromatic carbocycles. The summed E-state index contributed by atoms with van der Waals surface area (Å²) in [6, 6.07) is 10.7. The van der Waals surface area contributed by atoms with Crippen LogP contribution in [0.3, 0.4) is 0 Å². The molecular weight excluding hydrogens is 332 g/mol. The Kier molecular flexibility index (Phi) is 4.75. The van der Waals surface area contributed by atoms with Crippen molar-refractivity contribution in [3.05, 3.63) is 69.8 Å². The number of carbonyl (C=O) groups excluding carboxylic acids is 1. The van der Waals surface area contributed by atoms with E-state index in [2.05, 4.69) is 4.98 Å². The van der Waals surface area contributed by atoms with Gasteiger partial charge in [-0.05, 0) is 43.7 Å². The van der Waals surface area contributed by atoms with Crippen LogP contribution < -0.4 is 10.3 Å². The van der Waals surface area contributed by atoms with Crippen molar-refractivity contribution in [3.8, 4) is 5.75 Å². The number of esters is 1. The second-order valence-corrected chi connectivity index (χ2v) is 6.02. The number of benzene rings is 1. The highest BCUT2D eigenvalue weighted by Gasteiger charge is 2.16. The van der Waals surface area contributed by atoms with E-state index in [0.29, 0.717) is 22.2 Å². The van der Waals surface area contributed by atoms with E-state index < -0.39 is 5.97 Å². The predicted molar refractivity (Wildman–Crippen MR) is 98.9 cm³/mol. The predicted octanol–water partition coefficient (Wildman–Crippen LogP) is 3.11. The quantitative estimate of drug-likeness (QED) is 0.675. The zero-order valence-corrected chi connectivity index (χ0v) is 15.1. The molecule has 26 heavy (non-hydrogen) atoms. The standard InChI is InChI=1S/C20H20N2O4/c1-12-16(20(24)26-4)11-17-18(21-12)9-10-22(19(17)23)13(2)14-5-7-15(25-3)8-6-14/h5-11,13H,1-4H3/t13-/m0/s1. The van der Waals surface area contributed by atoms with E-state index in [1.54, 1.807) is 36.9 Å². The minimum Gasteiger partial charge on any atom is -0.497 e. The number of aryl methyl sites for hydroxylation is 1. The summed E-state index contributed by atoms with van der Waals surface area (Å²) < 4.78 is 11.6. The zero-order chi connectivity index (χ0) is 18.8. The molecule has 6 nitrogen and oxygen atoms in total. The summed E-state index contributed by atoms with van der Waals surface area (Å²) in [4.78, 5) is 29.3. The number of carbonyl (C=O) groups is 1. The van der Waals surface area contributed by atoms with Crippen molar-refractivity contribution < 1.29 is 14.3 Å². The van der Waals surface area contributed by atoms with Gasteiger partial charge in [0.15, 0.2) is 0 Å². The number of aromatic nitrogens is 2. The van der Waals surface area contributed by atoms with E-state index in [4.69, 9.17) is 9.47 Å². The van der Waals surface area contributed by atoms with Gasteiger partial charge in [-0.25, -0.2) is 4.79 Å². The molecule has 0 amide bonds. The van der Waals surface area contributed by atoms with Crippen LogP contribution in [0.4, 0.5) is 0 Å². The van der Waals surface area contributed by atoms with Gasteiger partial charge in [0, 0.05) is 6.20 Å². The van der Waals surface area contributed by atoms with Gasteiger partial charge in [-0.3, -0.25) is 9.78 Å². The molecule has 0 spiro atoms. The van der Waals surface area contributed by atoms with Crippen molar-refractivity contribution >= 4 is 16.9 Å². The highest BCUT2D eigenvalue weighted by molar-refractivity contribution is 5.94. The minimum atomic E-state index is -0.505. The largest absolute Gasteiger partial charge is 0.497 e. The third-order valence-electron chi connectivity index (χ3n) is 4.52. The fourth-order valence-electron chi connectivity index (χ4n) is 2.94. The fraction of sp³-hybridized carbons (Fsp3) is 0.250. The molecule has 2 heterocycles. The van der Waals surface area contributed by atoms with Gasteiger partial charge >= 0.3 is 5.97 Å². The molecule has 0 aliphatic rings. The summed E-state index contributed by atoms with van der Waals surface area (Å²) in [6.07, 6.45) is 1.73. The molecule has 2 aromatic heterocycles. The average molecular weight is 352 g/mol. The molecule has 0 aliphatic carbocycles.